The van der Waals surface area contributed by atoms with Gasteiger partial charge in [-0.2, -0.15) is 7.94 Å². The minimum Gasteiger partial charge on any atom is -0.394 e. The van der Waals surface area contributed by atoms with E-state index in [1.54, 1.807) is 36.4 Å². The van der Waals surface area contributed by atoms with Gasteiger partial charge in [-0.25, -0.2) is 9.13 Å². The SMILES string of the molecule is O=P(O)(O)OSOP(=O)(Oc1ccccc1)Oc1ccccc1. The first kappa shape index (κ1) is 18.0. The maximum atomic E-state index is 12.6. The van der Waals surface area contributed by atoms with Gasteiger partial charge in [-0.3, -0.25) is 0 Å². The summed E-state index contributed by atoms with van der Waals surface area (Å²) in [5, 5.41) is 0. The van der Waals surface area contributed by atoms with Gasteiger partial charge in [-0.15, -0.1) is 0 Å². The monoisotopic (exact) mass is 378 g/mol. The van der Waals surface area contributed by atoms with Crippen molar-refractivity contribution in [2.24, 2.45) is 0 Å². The fourth-order valence-electron chi connectivity index (χ4n) is 1.36. The summed E-state index contributed by atoms with van der Waals surface area (Å²) in [5.74, 6) is 0.368. The smallest absolute Gasteiger partial charge is 0.394 e. The van der Waals surface area contributed by atoms with Crippen LogP contribution in [-0.4, -0.2) is 9.79 Å². The van der Waals surface area contributed by atoms with E-state index in [-0.39, 0.29) is 23.8 Å². The Morgan fingerprint density at radius 3 is 1.57 bits per heavy atom. The van der Waals surface area contributed by atoms with Crippen LogP contribution in [0.2, 0.25) is 0 Å². The predicted octanol–water partition coefficient (Wildman–Crippen LogP) is 3.94. The molecule has 0 aliphatic heterocycles. The van der Waals surface area contributed by atoms with E-state index in [1.165, 1.54) is 24.3 Å². The Kier molecular flexibility index (Phi) is 6.26. The fourth-order valence-corrected chi connectivity index (χ4v) is 3.37. The van der Waals surface area contributed by atoms with Gasteiger partial charge in [0.2, 0.25) is 0 Å². The van der Waals surface area contributed by atoms with Crippen molar-refractivity contribution < 1.29 is 35.9 Å². The van der Waals surface area contributed by atoms with Crippen LogP contribution < -0.4 is 9.05 Å². The van der Waals surface area contributed by atoms with E-state index < -0.39 is 15.6 Å². The summed E-state index contributed by atoms with van der Waals surface area (Å²) in [6.45, 7) is 0. The summed E-state index contributed by atoms with van der Waals surface area (Å²) in [4.78, 5) is 17.2. The van der Waals surface area contributed by atoms with Crippen molar-refractivity contribution in [2.45, 2.75) is 0 Å². The molecule has 0 unspecified atom stereocenters. The zero-order chi connectivity index (χ0) is 16.8. The molecule has 2 aromatic carbocycles. The highest BCUT2D eigenvalue weighted by Crippen LogP contribution is 2.55. The Morgan fingerprint density at radius 1 is 0.739 bits per heavy atom. The third-order valence-corrected chi connectivity index (χ3v) is 5.03. The third-order valence-electron chi connectivity index (χ3n) is 2.17. The molecule has 0 bridgehead atoms. The molecular weight excluding hydrogens is 366 g/mol. The second-order valence-electron chi connectivity index (χ2n) is 3.96. The largest absolute Gasteiger partial charge is 0.601 e. The van der Waals surface area contributed by atoms with Gasteiger partial charge in [0.05, 0.1) is 0 Å². The maximum absolute atomic E-state index is 12.6. The number of phosphoric ester groups is 1. The van der Waals surface area contributed by atoms with Gasteiger partial charge in [0.1, 0.15) is 11.5 Å². The summed E-state index contributed by atoms with van der Waals surface area (Å²) in [7, 11) is -9.07. The zero-order valence-corrected chi connectivity index (χ0v) is 14.0. The molecule has 8 nitrogen and oxygen atoms in total. The fraction of sp³-hybridized carbons (Fsp3) is 0. The molecule has 0 heterocycles. The molecule has 0 radical (unpaired) electrons. The molecule has 2 rings (SSSR count). The highest BCUT2D eigenvalue weighted by atomic mass is 32.2. The minimum absolute atomic E-state index is 0.171. The van der Waals surface area contributed by atoms with Crippen LogP contribution in [0.4, 0.5) is 0 Å². The topological polar surface area (TPSA) is 112 Å². The summed E-state index contributed by atoms with van der Waals surface area (Å²) < 4.78 is 42.4. The maximum Gasteiger partial charge on any atom is 0.601 e. The van der Waals surface area contributed by atoms with Gasteiger partial charge in [-0.1, -0.05) is 36.4 Å². The lowest BCUT2D eigenvalue weighted by atomic mass is 10.3. The number of benzene rings is 2. The van der Waals surface area contributed by atoms with Gasteiger partial charge in [0.15, 0.2) is 12.3 Å². The minimum atomic E-state index is -4.81. The first-order valence-corrected chi connectivity index (χ1v) is 9.72. The van der Waals surface area contributed by atoms with E-state index >= 15 is 0 Å². The van der Waals surface area contributed by atoms with Crippen molar-refractivity contribution in [1.82, 2.24) is 0 Å². The summed E-state index contributed by atoms with van der Waals surface area (Å²) in [6.07, 6.45) is 0. The molecule has 2 N–H and O–H groups in total. The second-order valence-corrected chi connectivity index (χ2v) is 7.53. The molecule has 0 aliphatic rings. The van der Waals surface area contributed by atoms with Gasteiger partial charge in [0, 0.05) is 0 Å². The van der Waals surface area contributed by atoms with Crippen LogP contribution in [0.5, 0.6) is 11.5 Å². The molecular formula is C12H12O8P2S. The normalized spacial score (nSPS) is 11.9. The Labute approximate surface area is 136 Å². The van der Waals surface area contributed by atoms with Crippen molar-refractivity contribution >= 4 is 28.0 Å². The van der Waals surface area contributed by atoms with Crippen LogP contribution >= 0.6 is 28.0 Å². The molecule has 0 aromatic heterocycles. The van der Waals surface area contributed by atoms with E-state index in [2.05, 4.69) is 3.97 Å². The number of phosphoric acid groups is 2. The summed E-state index contributed by atoms with van der Waals surface area (Å²) in [5.41, 5.74) is 0. The van der Waals surface area contributed by atoms with Crippen LogP contribution in [-0.2, 0) is 17.1 Å². The Morgan fingerprint density at radius 2 is 1.17 bits per heavy atom. The standard InChI is InChI=1S/C12H12O8P2S/c13-21(14,15)19-23-20-22(16,17-11-7-3-1-4-8-11)18-12-9-5-2-6-10-12/h1-10H,(H2,13,14,15). The zero-order valence-electron chi connectivity index (χ0n) is 11.4. The van der Waals surface area contributed by atoms with Crippen LogP contribution in [0, 0.1) is 0 Å². The van der Waals surface area contributed by atoms with E-state index in [0.29, 0.717) is 0 Å². The van der Waals surface area contributed by atoms with E-state index in [9.17, 15) is 9.13 Å². The summed E-state index contributed by atoms with van der Waals surface area (Å²) >= 11 is -0.171. The van der Waals surface area contributed by atoms with Gasteiger partial charge in [0.25, 0.3) is 0 Å². The van der Waals surface area contributed by atoms with Crippen molar-refractivity contribution in [1.29, 1.82) is 0 Å². The van der Waals surface area contributed by atoms with E-state index in [4.69, 9.17) is 22.8 Å². The molecule has 0 spiro atoms. The molecule has 2 aromatic rings. The van der Waals surface area contributed by atoms with Gasteiger partial charge < -0.3 is 18.8 Å². The van der Waals surface area contributed by atoms with Crippen LogP contribution in [0.3, 0.4) is 0 Å². The first-order valence-electron chi connectivity index (χ1n) is 6.06. The Bertz CT molecular complexity index is 660. The Hall–Kier alpha value is -1.31. The summed E-state index contributed by atoms with van der Waals surface area (Å²) in [6, 6.07) is 16.1. The molecule has 0 amide bonds. The average Bonchev–Trinajstić information content (AvgIpc) is 2.47. The second kappa shape index (κ2) is 7.99. The van der Waals surface area contributed by atoms with Crippen LogP contribution in [0.15, 0.2) is 60.7 Å². The molecule has 0 saturated heterocycles. The Balaban J connectivity index is 2.12. The van der Waals surface area contributed by atoms with E-state index in [0.717, 1.165) is 0 Å². The van der Waals surface area contributed by atoms with Gasteiger partial charge >= 0.3 is 15.6 Å². The molecule has 0 aliphatic carbocycles. The lowest BCUT2D eigenvalue weighted by Gasteiger charge is -2.17. The lowest BCUT2D eigenvalue weighted by Crippen LogP contribution is -2.02. The number of hydrogen-bond acceptors (Lipinski definition) is 7. The number of hydrogen-bond donors (Lipinski definition) is 2. The lowest BCUT2D eigenvalue weighted by molar-refractivity contribution is 0.281. The van der Waals surface area contributed by atoms with Crippen molar-refractivity contribution in [3.05, 3.63) is 60.7 Å². The number of rotatable bonds is 8. The van der Waals surface area contributed by atoms with Crippen molar-refractivity contribution in [3.63, 3.8) is 0 Å². The number of para-hydroxylation sites is 2. The average molecular weight is 378 g/mol. The molecule has 23 heavy (non-hydrogen) atoms. The molecule has 0 fully saturated rings. The van der Waals surface area contributed by atoms with E-state index in [1.807, 2.05) is 0 Å². The van der Waals surface area contributed by atoms with Crippen molar-refractivity contribution in [2.75, 3.05) is 0 Å². The quantitative estimate of drug-likeness (QED) is 0.521. The molecule has 11 heteroatoms. The predicted molar refractivity (Wildman–Crippen MR) is 83.6 cm³/mol. The highest BCUT2D eigenvalue weighted by Gasteiger charge is 2.34. The third kappa shape index (κ3) is 6.76. The first-order chi connectivity index (χ1) is 10.9. The highest BCUT2D eigenvalue weighted by molar-refractivity contribution is 7.96. The molecule has 124 valence electrons. The van der Waals surface area contributed by atoms with Gasteiger partial charge in [-0.05, 0) is 24.3 Å². The molecule has 0 saturated carbocycles. The molecule has 0 atom stereocenters. The van der Waals surface area contributed by atoms with Crippen LogP contribution in [0.25, 0.3) is 0 Å². The van der Waals surface area contributed by atoms with Crippen LogP contribution in [0.1, 0.15) is 0 Å². The van der Waals surface area contributed by atoms with Crippen molar-refractivity contribution in [3.8, 4) is 11.5 Å².